The molecule has 0 heterocycles. The average Bonchev–Trinajstić information content (AvgIpc) is 3.68. The topological polar surface area (TPSA) is 0 Å². The molecule has 0 N–H and O–H groups in total. The quantitative estimate of drug-likeness (QED) is 0.158. The van der Waals surface area contributed by atoms with Crippen LogP contribution < -0.4 is 5.19 Å². The molecular weight excluding hydrogens is 699 g/mol. The molecule has 0 aromatic heterocycles. The van der Waals surface area contributed by atoms with Crippen LogP contribution in [-0.4, -0.2) is 5.49 Å². The molecule has 0 aliphatic heterocycles. The van der Waals surface area contributed by atoms with Crippen LogP contribution in [-0.2, 0) is 17.1 Å². The fourth-order valence-electron chi connectivity index (χ4n) is 8.00. The first-order valence-electron chi connectivity index (χ1n) is 15.6. The second kappa shape index (κ2) is 10.7. The maximum atomic E-state index is 2.82. The second-order valence-electron chi connectivity index (χ2n) is 13.6. The molecular formula is C41H40HfSi. The molecule has 2 aliphatic carbocycles. The van der Waals surface area contributed by atoms with Crippen molar-refractivity contribution in [1.82, 2.24) is 0 Å². The van der Waals surface area contributed by atoms with Gasteiger partial charge in [0.15, 0.2) is 0 Å². The summed E-state index contributed by atoms with van der Waals surface area (Å²) in [6, 6.07) is 43.8. The van der Waals surface area contributed by atoms with Crippen molar-refractivity contribution in [3.63, 3.8) is 0 Å². The van der Waals surface area contributed by atoms with Crippen molar-refractivity contribution < 1.29 is 17.1 Å². The van der Waals surface area contributed by atoms with Crippen LogP contribution in [0.2, 0.25) is 15.9 Å². The third-order valence-electron chi connectivity index (χ3n) is 10.9. The summed E-state index contributed by atoms with van der Waals surface area (Å²) in [6.45, 7) is 6.99. The van der Waals surface area contributed by atoms with E-state index in [4.69, 9.17) is 0 Å². The van der Waals surface area contributed by atoms with Crippen LogP contribution in [0.25, 0.3) is 34.4 Å². The van der Waals surface area contributed by atoms with Crippen LogP contribution >= 0.6 is 0 Å². The van der Waals surface area contributed by atoms with E-state index in [1.54, 1.807) is 16.3 Å². The Hall–Kier alpha value is -3.33. The molecule has 2 aliphatic rings. The number of benzene rings is 5. The zero-order chi connectivity index (χ0) is 29.8. The summed E-state index contributed by atoms with van der Waals surface area (Å²) in [5.41, 5.74) is 13.0. The number of aryl methyl sites for hydroxylation is 2. The van der Waals surface area contributed by atoms with Gasteiger partial charge in [-0.1, -0.05) is 0 Å². The summed E-state index contributed by atoms with van der Waals surface area (Å²) in [5.74, 6) is 0. The monoisotopic (exact) mass is 740 g/mol. The molecule has 7 rings (SSSR count). The second-order valence-corrected chi connectivity index (χ2v) is 59.7. The van der Waals surface area contributed by atoms with Crippen LogP contribution in [0.15, 0.2) is 127 Å². The fourth-order valence-corrected chi connectivity index (χ4v) is 51.3. The molecule has 0 saturated heterocycles. The average molecular weight is 739 g/mol. The van der Waals surface area contributed by atoms with E-state index >= 15 is 0 Å². The molecule has 0 bridgehead atoms. The molecule has 0 radical (unpaired) electrons. The number of hydrogen-bond acceptors (Lipinski definition) is 0. The van der Waals surface area contributed by atoms with Crippen molar-refractivity contribution in [3.8, 4) is 22.3 Å². The van der Waals surface area contributed by atoms with Gasteiger partial charge in [0.2, 0.25) is 0 Å². The van der Waals surface area contributed by atoms with E-state index in [0.29, 0.717) is 7.35 Å². The molecule has 0 amide bonds. The number of hydrogen-bond donors (Lipinski definition) is 0. The Morgan fingerprint density at radius 2 is 0.953 bits per heavy atom. The van der Waals surface area contributed by atoms with Gasteiger partial charge in [0.05, 0.1) is 0 Å². The van der Waals surface area contributed by atoms with E-state index in [0.717, 1.165) is 0 Å². The van der Waals surface area contributed by atoms with Crippen molar-refractivity contribution in [3.05, 3.63) is 161 Å². The van der Waals surface area contributed by atoms with Gasteiger partial charge in [-0.05, 0) is 0 Å². The Labute approximate surface area is 258 Å². The first kappa shape index (κ1) is 28.4. The predicted molar refractivity (Wildman–Crippen MR) is 186 cm³/mol. The summed E-state index contributed by atoms with van der Waals surface area (Å²) in [4.78, 5) is 0. The van der Waals surface area contributed by atoms with Crippen LogP contribution in [0, 0.1) is 13.8 Å². The number of allylic oxidation sites excluding steroid dienone is 2. The molecule has 5 aromatic rings. The van der Waals surface area contributed by atoms with Crippen molar-refractivity contribution in [2.24, 2.45) is 0 Å². The third-order valence-corrected chi connectivity index (χ3v) is 65.5. The standard InChI is InChI=1S/2C16H13.C7H8Si.2CH3.Hf/c2*1-12-8-10-14(11-9-12)16-7-3-5-13-4-2-6-15(13)16;1-8-7-5-3-2-4-6-7;;;/h2*2-11H,1H3;2-6H,1H3;2*1H3;. The van der Waals surface area contributed by atoms with Crippen LogP contribution in [0.3, 0.4) is 0 Å². The molecule has 43 heavy (non-hydrogen) atoms. The van der Waals surface area contributed by atoms with Crippen molar-refractivity contribution in [1.29, 1.82) is 0 Å². The summed E-state index contributed by atoms with van der Waals surface area (Å²) >= 11 is -4.01. The van der Waals surface area contributed by atoms with Gasteiger partial charge in [0.25, 0.3) is 0 Å². The zero-order valence-corrected chi connectivity index (χ0v) is 30.5. The van der Waals surface area contributed by atoms with E-state index in [1.165, 1.54) is 44.5 Å². The van der Waals surface area contributed by atoms with Crippen LogP contribution in [0.4, 0.5) is 0 Å². The fraction of sp³-hybridized carbons (Fsp3) is 0.171. The van der Waals surface area contributed by atoms with Gasteiger partial charge in [0.1, 0.15) is 0 Å². The van der Waals surface area contributed by atoms with Gasteiger partial charge in [0, 0.05) is 0 Å². The predicted octanol–water partition coefficient (Wildman–Crippen LogP) is 10.8. The molecule has 212 valence electrons. The third kappa shape index (κ3) is 4.57. The molecule has 0 spiro atoms. The molecule has 0 fully saturated rings. The number of fused-ring (bicyclic) bond motifs is 2. The van der Waals surface area contributed by atoms with Gasteiger partial charge in [-0.25, -0.2) is 0 Å². The maximum absolute atomic E-state index is 4.01. The van der Waals surface area contributed by atoms with Crippen LogP contribution in [0.1, 0.15) is 40.7 Å². The van der Waals surface area contributed by atoms with E-state index in [1.807, 2.05) is 0 Å². The minimum atomic E-state index is -4.01. The first-order valence-corrected chi connectivity index (χ1v) is 34.3. The van der Waals surface area contributed by atoms with Gasteiger partial charge < -0.3 is 0 Å². The summed E-state index contributed by atoms with van der Waals surface area (Å²) in [7, 11) is 0. The summed E-state index contributed by atoms with van der Waals surface area (Å²) in [5, 5.41) is 1.58. The van der Waals surface area contributed by atoms with Gasteiger partial charge in [-0.3, -0.25) is 0 Å². The normalized spacial score (nSPS) is 17.2. The molecule has 0 nitrogen and oxygen atoms in total. The van der Waals surface area contributed by atoms with Gasteiger partial charge in [-0.2, -0.15) is 0 Å². The molecule has 2 heteroatoms. The van der Waals surface area contributed by atoms with Crippen LogP contribution in [0.5, 0.6) is 0 Å². The summed E-state index contributed by atoms with van der Waals surface area (Å²) < 4.78 is 6.62. The Morgan fingerprint density at radius 1 is 0.512 bits per heavy atom. The molecule has 5 aromatic carbocycles. The van der Waals surface area contributed by atoms with Gasteiger partial charge >= 0.3 is 260 Å². The Kier molecular flexibility index (Phi) is 7.06. The zero-order valence-electron chi connectivity index (χ0n) is 25.9. The minimum absolute atomic E-state index is 0.486. The first-order chi connectivity index (χ1) is 20.7. The van der Waals surface area contributed by atoms with Gasteiger partial charge in [-0.15, -0.1) is 0 Å². The van der Waals surface area contributed by atoms with E-state index in [9.17, 15) is 0 Å². The molecule has 0 saturated carbocycles. The van der Waals surface area contributed by atoms with Crippen molar-refractivity contribution in [2.45, 2.75) is 37.1 Å². The van der Waals surface area contributed by atoms with Crippen molar-refractivity contribution in [2.75, 3.05) is 0 Å². The number of rotatable bonds is 5. The molecule has 2 unspecified atom stereocenters. The Balaban J connectivity index is 1.46. The van der Waals surface area contributed by atoms with E-state index in [-0.39, 0.29) is 0 Å². The summed E-state index contributed by atoms with van der Waals surface area (Å²) in [6.07, 6.45) is 10.2. The SMILES string of the molecule is Cc1ccc(-c2cccc3c2C=C[CH]3[Hf]([CH3])([CH3])([CH]2C=Cc3c(-c4ccc(C)cc4)cccc32)=[Si](C)c2ccccc2)cc1. The van der Waals surface area contributed by atoms with E-state index < -0.39 is 22.6 Å². The Morgan fingerprint density at radius 3 is 1.40 bits per heavy atom. The Bertz CT molecular complexity index is 1870. The van der Waals surface area contributed by atoms with E-state index in [2.05, 4.69) is 169 Å². The molecule has 2 atom stereocenters. The van der Waals surface area contributed by atoms with Crippen molar-refractivity contribution >= 4 is 22.8 Å².